The number of benzene rings is 2. The van der Waals surface area contributed by atoms with Gasteiger partial charge in [-0.3, -0.25) is 0 Å². The van der Waals surface area contributed by atoms with Crippen molar-refractivity contribution in [2.75, 3.05) is 28.4 Å². The van der Waals surface area contributed by atoms with Gasteiger partial charge in [0.15, 0.2) is 0 Å². The number of aliphatic hydroxyl groups excluding tert-OH is 2. The maximum absolute atomic E-state index is 10.6. The van der Waals surface area contributed by atoms with Gasteiger partial charge in [-0.1, -0.05) is 12.1 Å². The van der Waals surface area contributed by atoms with Crippen LogP contribution < -0.4 is 30.4 Å². The van der Waals surface area contributed by atoms with E-state index in [0.717, 1.165) is 11.1 Å². The lowest BCUT2D eigenvalue weighted by Crippen LogP contribution is -2.52. The Balaban J connectivity index is 2.06. The fourth-order valence-electron chi connectivity index (χ4n) is 3.30. The van der Waals surface area contributed by atoms with Gasteiger partial charge >= 0.3 is 0 Å². The molecule has 0 aliphatic heterocycles. The normalized spacial score (nSPS) is 15.1. The van der Waals surface area contributed by atoms with Crippen LogP contribution in [0.25, 0.3) is 0 Å². The van der Waals surface area contributed by atoms with E-state index in [-0.39, 0.29) is 0 Å². The molecular weight excluding hydrogens is 388 g/mol. The molecule has 30 heavy (non-hydrogen) atoms. The molecule has 2 aromatic carbocycles. The van der Waals surface area contributed by atoms with Crippen LogP contribution in [0, 0.1) is 0 Å². The van der Waals surface area contributed by atoms with E-state index in [9.17, 15) is 10.2 Å². The highest BCUT2D eigenvalue weighted by Crippen LogP contribution is 2.28. The van der Waals surface area contributed by atoms with Crippen molar-refractivity contribution in [1.82, 2.24) is 0 Å². The van der Waals surface area contributed by atoms with Gasteiger partial charge in [0.05, 0.1) is 40.6 Å². The minimum absolute atomic E-state index is 0.296. The van der Waals surface area contributed by atoms with Crippen LogP contribution in [0.3, 0.4) is 0 Å². The van der Waals surface area contributed by atoms with E-state index in [1.165, 1.54) is 0 Å². The molecule has 0 aromatic heterocycles. The summed E-state index contributed by atoms with van der Waals surface area (Å²) in [5, 5.41) is 21.2. The molecule has 0 saturated carbocycles. The molecule has 0 fully saturated rings. The van der Waals surface area contributed by atoms with Crippen LogP contribution in [0.15, 0.2) is 36.4 Å². The summed E-state index contributed by atoms with van der Waals surface area (Å²) < 4.78 is 21.1. The lowest BCUT2D eigenvalue weighted by molar-refractivity contribution is -0.00990. The Hall–Kier alpha value is -2.52. The number of nitrogens with two attached hydrogens (primary N) is 2. The van der Waals surface area contributed by atoms with Gasteiger partial charge < -0.3 is 40.6 Å². The standard InChI is InChI=1S/C22H32N2O6/c1-27-15-7-5-13(19(11-15)29-3)9-17(23)21(25)22(26)18(24)10-14-6-8-16(28-2)12-20(14)30-4/h5-8,11-12,17-18,21-22,25-26H,9-10,23-24H2,1-4H3/t17-,18-,21+,22+/m0/s1. The average molecular weight is 421 g/mol. The van der Waals surface area contributed by atoms with Gasteiger partial charge in [0.25, 0.3) is 0 Å². The highest BCUT2D eigenvalue weighted by Gasteiger charge is 2.30. The second-order valence-corrected chi connectivity index (χ2v) is 7.07. The Labute approximate surface area is 177 Å². The molecular formula is C22H32N2O6. The summed E-state index contributed by atoms with van der Waals surface area (Å²) >= 11 is 0. The van der Waals surface area contributed by atoms with Crippen LogP contribution in [0.4, 0.5) is 0 Å². The molecule has 2 aromatic rings. The van der Waals surface area contributed by atoms with Gasteiger partial charge in [0, 0.05) is 24.2 Å². The van der Waals surface area contributed by atoms with Crippen molar-refractivity contribution in [2.45, 2.75) is 37.1 Å². The Morgan fingerprint density at radius 2 is 1.03 bits per heavy atom. The molecule has 0 aliphatic carbocycles. The summed E-state index contributed by atoms with van der Waals surface area (Å²) in [6, 6.07) is 9.21. The van der Waals surface area contributed by atoms with Gasteiger partial charge in [-0.25, -0.2) is 0 Å². The van der Waals surface area contributed by atoms with Gasteiger partial charge in [-0.15, -0.1) is 0 Å². The molecule has 0 aliphatic rings. The third-order valence-corrected chi connectivity index (χ3v) is 5.13. The zero-order chi connectivity index (χ0) is 22.3. The van der Waals surface area contributed by atoms with Crippen molar-refractivity contribution in [2.24, 2.45) is 11.5 Å². The number of hydrogen-bond donors (Lipinski definition) is 4. The topological polar surface area (TPSA) is 129 Å². The summed E-state index contributed by atoms with van der Waals surface area (Å²) in [5.41, 5.74) is 13.9. The number of ether oxygens (including phenoxy) is 4. The fraction of sp³-hybridized carbons (Fsp3) is 0.455. The second-order valence-electron chi connectivity index (χ2n) is 7.07. The summed E-state index contributed by atoms with van der Waals surface area (Å²) in [4.78, 5) is 0. The zero-order valence-electron chi connectivity index (χ0n) is 17.9. The lowest BCUT2D eigenvalue weighted by atomic mass is 9.92. The molecule has 0 radical (unpaired) electrons. The Bertz CT molecular complexity index is 749. The Morgan fingerprint density at radius 1 is 0.667 bits per heavy atom. The van der Waals surface area contributed by atoms with Crippen molar-refractivity contribution < 1.29 is 29.2 Å². The third kappa shape index (κ3) is 5.76. The van der Waals surface area contributed by atoms with E-state index in [1.54, 1.807) is 52.7 Å². The van der Waals surface area contributed by atoms with Crippen LogP contribution in [0.5, 0.6) is 23.0 Å². The van der Waals surface area contributed by atoms with E-state index in [1.807, 2.05) is 12.1 Å². The quantitative estimate of drug-likeness (QED) is 0.422. The van der Waals surface area contributed by atoms with E-state index < -0.39 is 24.3 Å². The van der Waals surface area contributed by atoms with Crippen LogP contribution in [-0.4, -0.2) is 62.9 Å². The summed E-state index contributed by atoms with van der Waals surface area (Å²) in [7, 11) is 6.24. The van der Waals surface area contributed by atoms with E-state index >= 15 is 0 Å². The molecule has 8 heteroatoms. The predicted molar refractivity (Wildman–Crippen MR) is 114 cm³/mol. The first-order chi connectivity index (χ1) is 14.3. The monoisotopic (exact) mass is 420 g/mol. The first-order valence-electron chi connectivity index (χ1n) is 9.63. The molecule has 166 valence electrons. The summed E-state index contributed by atoms with van der Waals surface area (Å²) in [5.74, 6) is 2.50. The maximum atomic E-state index is 10.6. The minimum Gasteiger partial charge on any atom is -0.497 e. The maximum Gasteiger partial charge on any atom is 0.125 e. The molecule has 0 unspecified atom stereocenters. The lowest BCUT2D eigenvalue weighted by Gasteiger charge is -2.28. The minimum atomic E-state index is -1.23. The zero-order valence-corrected chi connectivity index (χ0v) is 17.9. The fourth-order valence-corrected chi connectivity index (χ4v) is 3.30. The first kappa shape index (κ1) is 23.8. The highest BCUT2D eigenvalue weighted by molar-refractivity contribution is 5.42. The molecule has 0 bridgehead atoms. The molecule has 0 heterocycles. The van der Waals surface area contributed by atoms with Crippen LogP contribution >= 0.6 is 0 Å². The molecule has 8 nitrogen and oxygen atoms in total. The number of hydrogen-bond acceptors (Lipinski definition) is 8. The second kappa shape index (κ2) is 11.0. The van der Waals surface area contributed by atoms with Gasteiger partial charge in [0.1, 0.15) is 23.0 Å². The number of rotatable bonds is 11. The predicted octanol–water partition coefficient (Wildman–Crippen LogP) is 0.883. The molecule has 4 atom stereocenters. The van der Waals surface area contributed by atoms with Gasteiger partial charge in [-0.05, 0) is 36.1 Å². The Morgan fingerprint density at radius 3 is 1.33 bits per heavy atom. The van der Waals surface area contributed by atoms with Crippen molar-refractivity contribution in [3.8, 4) is 23.0 Å². The van der Waals surface area contributed by atoms with E-state index in [0.29, 0.717) is 35.8 Å². The van der Waals surface area contributed by atoms with Crippen molar-refractivity contribution in [3.05, 3.63) is 47.5 Å². The average Bonchev–Trinajstić information content (AvgIpc) is 2.78. The van der Waals surface area contributed by atoms with Crippen molar-refractivity contribution in [3.63, 3.8) is 0 Å². The van der Waals surface area contributed by atoms with E-state index in [4.69, 9.17) is 30.4 Å². The van der Waals surface area contributed by atoms with Gasteiger partial charge in [-0.2, -0.15) is 0 Å². The summed E-state index contributed by atoms with van der Waals surface area (Å²) in [6.07, 6.45) is -1.86. The SMILES string of the molecule is COc1ccc(C[C@H](N)[C@@H](O)[C@H](O)[C@@H](N)Cc2ccc(OC)cc2OC)c(OC)c1. The van der Waals surface area contributed by atoms with Crippen LogP contribution in [0.1, 0.15) is 11.1 Å². The highest BCUT2D eigenvalue weighted by atomic mass is 16.5. The third-order valence-electron chi connectivity index (χ3n) is 5.13. The summed E-state index contributed by atoms with van der Waals surface area (Å²) in [6.45, 7) is 0. The molecule has 2 rings (SSSR count). The molecule has 6 N–H and O–H groups in total. The van der Waals surface area contributed by atoms with Crippen molar-refractivity contribution >= 4 is 0 Å². The van der Waals surface area contributed by atoms with Crippen LogP contribution in [-0.2, 0) is 12.8 Å². The molecule has 0 spiro atoms. The van der Waals surface area contributed by atoms with Crippen LogP contribution in [0.2, 0.25) is 0 Å². The van der Waals surface area contributed by atoms with Gasteiger partial charge in [0.2, 0.25) is 0 Å². The smallest absolute Gasteiger partial charge is 0.125 e. The number of methoxy groups -OCH3 is 4. The molecule has 0 saturated heterocycles. The largest absolute Gasteiger partial charge is 0.497 e. The van der Waals surface area contributed by atoms with Crippen molar-refractivity contribution in [1.29, 1.82) is 0 Å². The Kier molecular flexibility index (Phi) is 8.73. The first-order valence-corrected chi connectivity index (χ1v) is 9.63. The number of aliphatic hydroxyl groups is 2. The molecule has 0 amide bonds. The van der Waals surface area contributed by atoms with E-state index in [2.05, 4.69) is 0 Å².